The van der Waals surface area contributed by atoms with Crippen molar-refractivity contribution in [3.05, 3.63) is 56.0 Å². The summed E-state index contributed by atoms with van der Waals surface area (Å²) in [5, 5.41) is 13.2. The van der Waals surface area contributed by atoms with Gasteiger partial charge in [0.15, 0.2) is 0 Å². The van der Waals surface area contributed by atoms with Gasteiger partial charge in [-0.15, -0.1) is 0 Å². The largest absolute Gasteiger partial charge is 0.508 e. The number of hydrogen-bond donors (Lipinski definition) is 2. The Hall–Kier alpha value is -1.04. The van der Waals surface area contributed by atoms with Gasteiger partial charge in [0.25, 0.3) is 0 Å². The second-order valence-corrected chi connectivity index (χ2v) is 7.15. The smallest absolute Gasteiger partial charge is 0.147 e. The van der Waals surface area contributed by atoms with E-state index in [1.807, 2.05) is 12.1 Å². The number of halogens is 2. The maximum absolute atomic E-state index is 9.65. The number of fused-ring (bicyclic) bond motifs is 1. The van der Waals surface area contributed by atoms with Gasteiger partial charge in [0, 0.05) is 6.04 Å². The fourth-order valence-electron chi connectivity index (χ4n) is 2.98. The summed E-state index contributed by atoms with van der Waals surface area (Å²) >= 11 is 7.11. The van der Waals surface area contributed by atoms with E-state index >= 15 is 0 Å². The lowest BCUT2D eigenvalue weighted by Crippen LogP contribution is -2.31. The molecule has 0 unspecified atom stereocenters. The first-order valence-corrected chi connectivity index (χ1v) is 8.74. The highest BCUT2D eigenvalue weighted by atomic mass is 79.9. The number of phenols is 1. The van der Waals surface area contributed by atoms with Crippen molar-refractivity contribution in [2.24, 2.45) is 0 Å². The minimum Gasteiger partial charge on any atom is -0.508 e. The first kappa shape index (κ1) is 15.8. The van der Waals surface area contributed by atoms with Gasteiger partial charge in [0.2, 0.25) is 0 Å². The summed E-state index contributed by atoms with van der Waals surface area (Å²) in [6, 6.07) is 10.1. The van der Waals surface area contributed by atoms with Crippen LogP contribution in [0.25, 0.3) is 0 Å². The van der Waals surface area contributed by atoms with Crippen molar-refractivity contribution in [2.75, 3.05) is 13.7 Å². The molecule has 1 heterocycles. The molecule has 2 aromatic rings. The molecule has 0 fully saturated rings. The molecule has 116 valence electrons. The average molecular weight is 427 g/mol. The van der Waals surface area contributed by atoms with Gasteiger partial charge in [0.1, 0.15) is 11.5 Å². The van der Waals surface area contributed by atoms with Crippen molar-refractivity contribution in [1.29, 1.82) is 0 Å². The summed E-state index contributed by atoms with van der Waals surface area (Å²) in [6.07, 6.45) is 1.84. The normalized spacial score (nSPS) is 17.1. The van der Waals surface area contributed by atoms with Crippen LogP contribution in [0.3, 0.4) is 0 Å². The second kappa shape index (κ2) is 6.60. The van der Waals surface area contributed by atoms with Crippen LogP contribution in [-0.2, 0) is 12.8 Å². The van der Waals surface area contributed by atoms with Gasteiger partial charge < -0.3 is 15.2 Å². The summed E-state index contributed by atoms with van der Waals surface area (Å²) in [5.74, 6) is 1.15. The number of ether oxygens (including phenoxy) is 1. The van der Waals surface area contributed by atoms with Gasteiger partial charge in [-0.05, 0) is 92.2 Å². The molecule has 0 spiro atoms. The van der Waals surface area contributed by atoms with Crippen LogP contribution >= 0.6 is 31.9 Å². The van der Waals surface area contributed by atoms with Gasteiger partial charge in [-0.3, -0.25) is 0 Å². The quantitative estimate of drug-likeness (QED) is 0.766. The number of benzene rings is 2. The molecule has 0 amide bonds. The molecule has 5 heteroatoms. The Bertz CT molecular complexity index is 680. The number of phenolic OH excluding ortho intramolecular Hbond substituents is 1. The van der Waals surface area contributed by atoms with Gasteiger partial charge in [-0.2, -0.15) is 0 Å². The highest BCUT2D eigenvalue weighted by molar-refractivity contribution is 9.11. The van der Waals surface area contributed by atoms with E-state index in [2.05, 4.69) is 49.3 Å². The third kappa shape index (κ3) is 3.16. The number of methoxy groups -OCH3 is 1. The summed E-state index contributed by atoms with van der Waals surface area (Å²) in [4.78, 5) is 0. The molecule has 3 rings (SSSR count). The van der Waals surface area contributed by atoms with Crippen molar-refractivity contribution in [3.63, 3.8) is 0 Å². The van der Waals surface area contributed by atoms with Crippen LogP contribution in [0, 0.1) is 0 Å². The zero-order valence-corrected chi connectivity index (χ0v) is 15.4. The molecule has 2 aromatic carbocycles. The Morgan fingerprint density at radius 2 is 1.95 bits per heavy atom. The number of rotatable bonds is 3. The predicted molar refractivity (Wildman–Crippen MR) is 94.7 cm³/mol. The summed E-state index contributed by atoms with van der Waals surface area (Å²) in [7, 11) is 1.66. The molecule has 22 heavy (non-hydrogen) atoms. The summed E-state index contributed by atoms with van der Waals surface area (Å²) in [6.45, 7) is 0.930. The van der Waals surface area contributed by atoms with Crippen LogP contribution in [0.1, 0.15) is 22.7 Å². The summed E-state index contributed by atoms with van der Waals surface area (Å²) < 4.78 is 7.24. The maximum Gasteiger partial charge on any atom is 0.147 e. The van der Waals surface area contributed by atoms with Crippen molar-refractivity contribution in [2.45, 2.75) is 18.9 Å². The van der Waals surface area contributed by atoms with Crippen LogP contribution in [0.5, 0.6) is 11.5 Å². The molecule has 0 aliphatic carbocycles. The van der Waals surface area contributed by atoms with Gasteiger partial charge >= 0.3 is 0 Å². The molecule has 0 saturated carbocycles. The van der Waals surface area contributed by atoms with Crippen molar-refractivity contribution in [1.82, 2.24) is 5.32 Å². The van der Waals surface area contributed by atoms with Crippen LogP contribution in [0.2, 0.25) is 0 Å². The van der Waals surface area contributed by atoms with E-state index in [4.69, 9.17) is 4.74 Å². The minimum absolute atomic E-state index is 0.261. The second-order valence-electron chi connectivity index (χ2n) is 5.44. The SMILES string of the molecule is COc1c(Br)cc(C[C@H]2NCCc3cc(O)ccc32)cc1Br. The Labute approximate surface area is 147 Å². The fourth-order valence-corrected chi connectivity index (χ4v) is 4.59. The molecule has 0 aromatic heterocycles. The summed E-state index contributed by atoms with van der Waals surface area (Å²) in [5.41, 5.74) is 3.72. The van der Waals surface area contributed by atoms with E-state index in [1.54, 1.807) is 13.2 Å². The molecule has 1 atom stereocenters. The lowest BCUT2D eigenvalue weighted by atomic mass is 9.90. The van der Waals surface area contributed by atoms with Crippen LogP contribution in [-0.4, -0.2) is 18.8 Å². The molecule has 1 aliphatic heterocycles. The highest BCUT2D eigenvalue weighted by Gasteiger charge is 2.21. The monoisotopic (exact) mass is 425 g/mol. The van der Waals surface area contributed by atoms with E-state index < -0.39 is 0 Å². The third-order valence-electron chi connectivity index (χ3n) is 3.99. The topological polar surface area (TPSA) is 41.5 Å². The fraction of sp³-hybridized carbons (Fsp3) is 0.294. The van der Waals surface area contributed by atoms with Crippen LogP contribution in [0.15, 0.2) is 39.3 Å². The lowest BCUT2D eigenvalue weighted by Gasteiger charge is -2.27. The van der Waals surface area contributed by atoms with E-state index in [-0.39, 0.29) is 6.04 Å². The Kier molecular flexibility index (Phi) is 4.76. The molecule has 0 radical (unpaired) electrons. The molecular formula is C17H17Br2NO2. The first-order chi connectivity index (χ1) is 10.6. The number of aromatic hydroxyl groups is 1. The van der Waals surface area contributed by atoms with E-state index in [0.29, 0.717) is 5.75 Å². The minimum atomic E-state index is 0.261. The Balaban J connectivity index is 1.89. The van der Waals surface area contributed by atoms with Gasteiger partial charge in [0.05, 0.1) is 16.1 Å². The lowest BCUT2D eigenvalue weighted by molar-refractivity contribution is 0.409. The van der Waals surface area contributed by atoms with Crippen LogP contribution < -0.4 is 10.1 Å². The standard InChI is InChI=1S/C17H17Br2NO2/c1-22-17-14(18)6-10(7-15(17)19)8-16-13-3-2-12(21)9-11(13)4-5-20-16/h2-3,6-7,9,16,20-21H,4-5,8H2,1H3/t16-/m1/s1. The molecule has 0 bridgehead atoms. The zero-order valence-electron chi connectivity index (χ0n) is 12.2. The van der Waals surface area contributed by atoms with E-state index in [9.17, 15) is 5.11 Å². The van der Waals surface area contributed by atoms with E-state index in [1.165, 1.54) is 16.7 Å². The van der Waals surface area contributed by atoms with Gasteiger partial charge in [-0.1, -0.05) is 6.07 Å². The molecule has 1 aliphatic rings. The van der Waals surface area contributed by atoms with Crippen molar-refractivity contribution < 1.29 is 9.84 Å². The van der Waals surface area contributed by atoms with Crippen molar-refractivity contribution >= 4 is 31.9 Å². The average Bonchev–Trinajstić information content (AvgIpc) is 2.47. The van der Waals surface area contributed by atoms with E-state index in [0.717, 1.165) is 34.1 Å². The van der Waals surface area contributed by atoms with Crippen LogP contribution in [0.4, 0.5) is 0 Å². The predicted octanol–water partition coefficient (Wildman–Crippen LogP) is 4.36. The highest BCUT2D eigenvalue weighted by Crippen LogP contribution is 2.36. The molecule has 2 N–H and O–H groups in total. The number of hydrogen-bond acceptors (Lipinski definition) is 3. The zero-order chi connectivity index (χ0) is 15.7. The Morgan fingerprint density at radius 1 is 1.23 bits per heavy atom. The number of nitrogens with one attached hydrogen (secondary N) is 1. The van der Waals surface area contributed by atoms with Gasteiger partial charge in [-0.25, -0.2) is 0 Å². The molecular weight excluding hydrogens is 410 g/mol. The maximum atomic E-state index is 9.65. The third-order valence-corrected chi connectivity index (χ3v) is 5.17. The molecule has 0 saturated heterocycles. The van der Waals surface area contributed by atoms with Crippen molar-refractivity contribution in [3.8, 4) is 11.5 Å². The Morgan fingerprint density at radius 3 is 2.64 bits per heavy atom. The first-order valence-electron chi connectivity index (χ1n) is 7.15. The molecule has 3 nitrogen and oxygen atoms in total.